The molecule has 0 radical (unpaired) electrons. The fraction of sp³-hybridized carbons (Fsp3) is 0.688. The Morgan fingerprint density at radius 1 is 1.21 bits per heavy atom. The van der Waals surface area contributed by atoms with E-state index in [1.54, 1.807) is 0 Å². The second-order valence-corrected chi connectivity index (χ2v) is 5.65. The van der Waals surface area contributed by atoms with Crippen molar-refractivity contribution in [2.45, 2.75) is 60.1 Å². The van der Waals surface area contributed by atoms with E-state index in [1.165, 1.54) is 0 Å². The molecule has 0 aromatic carbocycles. The first kappa shape index (κ1) is 16.0. The SMILES string of the molecule is CCC(CC)N(CC(C)C)c1cc(CO)cc(C)n1. The Balaban J connectivity index is 3.11. The summed E-state index contributed by atoms with van der Waals surface area (Å²) in [4.78, 5) is 7.07. The third-order valence-corrected chi connectivity index (χ3v) is 3.42. The maximum atomic E-state index is 9.36. The minimum Gasteiger partial charge on any atom is -0.392 e. The van der Waals surface area contributed by atoms with Gasteiger partial charge < -0.3 is 10.0 Å². The highest BCUT2D eigenvalue weighted by molar-refractivity contribution is 5.43. The van der Waals surface area contributed by atoms with Crippen LogP contribution in [0.25, 0.3) is 0 Å². The lowest BCUT2D eigenvalue weighted by Gasteiger charge is -2.33. The number of aryl methyl sites for hydroxylation is 1. The number of hydrogen-bond donors (Lipinski definition) is 1. The van der Waals surface area contributed by atoms with E-state index in [9.17, 15) is 5.11 Å². The van der Waals surface area contributed by atoms with Crippen molar-refractivity contribution in [1.82, 2.24) is 4.98 Å². The molecule has 0 unspecified atom stereocenters. The molecule has 3 heteroatoms. The number of aromatic nitrogens is 1. The molecule has 1 heterocycles. The summed E-state index contributed by atoms with van der Waals surface area (Å²) in [6.45, 7) is 12.0. The average Bonchev–Trinajstić information content (AvgIpc) is 2.37. The lowest BCUT2D eigenvalue weighted by atomic mass is 10.1. The van der Waals surface area contributed by atoms with Crippen LogP contribution in [0.4, 0.5) is 5.82 Å². The molecule has 0 saturated heterocycles. The van der Waals surface area contributed by atoms with Crippen molar-refractivity contribution in [3.8, 4) is 0 Å². The largest absolute Gasteiger partial charge is 0.392 e. The molecule has 0 bridgehead atoms. The summed E-state index contributed by atoms with van der Waals surface area (Å²) < 4.78 is 0. The van der Waals surface area contributed by atoms with Crippen LogP contribution < -0.4 is 4.90 Å². The van der Waals surface area contributed by atoms with E-state index in [0.29, 0.717) is 12.0 Å². The van der Waals surface area contributed by atoms with E-state index in [1.807, 2.05) is 19.1 Å². The number of nitrogens with zero attached hydrogens (tertiary/aromatic N) is 2. The van der Waals surface area contributed by atoms with Gasteiger partial charge in [0.05, 0.1) is 6.61 Å². The van der Waals surface area contributed by atoms with Crippen LogP contribution in [0.1, 0.15) is 51.8 Å². The zero-order valence-corrected chi connectivity index (χ0v) is 13.0. The fourth-order valence-corrected chi connectivity index (χ4v) is 2.51. The number of pyridine rings is 1. The minimum absolute atomic E-state index is 0.0782. The summed E-state index contributed by atoms with van der Waals surface area (Å²) in [5, 5.41) is 9.36. The van der Waals surface area contributed by atoms with E-state index in [2.05, 4.69) is 37.6 Å². The van der Waals surface area contributed by atoms with Crippen molar-refractivity contribution < 1.29 is 5.11 Å². The van der Waals surface area contributed by atoms with E-state index >= 15 is 0 Å². The summed E-state index contributed by atoms with van der Waals surface area (Å²) in [5.74, 6) is 1.60. The summed E-state index contributed by atoms with van der Waals surface area (Å²) in [6.07, 6.45) is 2.24. The third kappa shape index (κ3) is 4.50. The second-order valence-electron chi connectivity index (χ2n) is 5.65. The molecule has 0 aliphatic heterocycles. The summed E-state index contributed by atoms with van der Waals surface area (Å²) in [7, 11) is 0. The van der Waals surface area contributed by atoms with Crippen LogP contribution >= 0.6 is 0 Å². The topological polar surface area (TPSA) is 36.4 Å². The Kier molecular flexibility index (Phi) is 6.29. The Hall–Kier alpha value is -1.09. The first-order valence-corrected chi connectivity index (χ1v) is 7.36. The zero-order chi connectivity index (χ0) is 14.4. The normalized spacial score (nSPS) is 11.4. The van der Waals surface area contributed by atoms with Gasteiger partial charge in [-0.2, -0.15) is 0 Å². The highest BCUT2D eigenvalue weighted by Gasteiger charge is 2.18. The monoisotopic (exact) mass is 264 g/mol. The van der Waals surface area contributed by atoms with Gasteiger partial charge >= 0.3 is 0 Å². The molecule has 3 nitrogen and oxygen atoms in total. The molecule has 1 N–H and O–H groups in total. The number of aliphatic hydroxyl groups excluding tert-OH is 1. The van der Waals surface area contributed by atoms with Gasteiger partial charge in [0.2, 0.25) is 0 Å². The van der Waals surface area contributed by atoms with Crippen LogP contribution in [0, 0.1) is 12.8 Å². The summed E-state index contributed by atoms with van der Waals surface area (Å²) in [6, 6.07) is 4.49. The molecule has 1 aromatic rings. The quantitative estimate of drug-likeness (QED) is 0.818. The molecular formula is C16H28N2O. The molecule has 0 saturated carbocycles. The first-order valence-electron chi connectivity index (χ1n) is 7.36. The van der Waals surface area contributed by atoms with E-state index in [4.69, 9.17) is 0 Å². The number of hydrogen-bond acceptors (Lipinski definition) is 3. The van der Waals surface area contributed by atoms with Crippen LogP contribution in [0.2, 0.25) is 0 Å². The van der Waals surface area contributed by atoms with Gasteiger partial charge in [-0.05, 0) is 43.4 Å². The average molecular weight is 264 g/mol. The van der Waals surface area contributed by atoms with Crippen molar-refractivity contribution in [3.63, 3.8) is 0 Å². The van der Waals surface area contributed by atoms with Crippen molar-refractivity contribution in [3.05, 3.63) is 23.4 Å². The van der Waals surface area contributed by atoms with Crippen LogP contribution in [0.15, 0.2) is 12.1 Å². The van der Waals surface area contributed by atoms with E-state index in [-0.39, 0.29) is 6.61 Å². The van der Waals surface area contributed by atoms with Crippen molar-refractivity contribution in [1.29, 1.82) is 0 Å². The van der Waals surface area contributed by atoms with Crippen molar-refractivity contribution in [2.75, 3.05) is 11.4 Å². The molecule has 0 atom stereocenters. The maximum absolute atomic E-state index is 9.36. The van der Waals surface area contributed by atoms with E-state index in [0.717, 1.165) is 36.5 Å². The van der Waals surface area contributed by atoms with Gasteiger partial charge in [0.15, 0.2) is 0 Å². The summed E-state index contributed by atoms with van der Waals surface area (Å²) in [5.41, 5.74) is 1.92. The fourth-order valence-electron chi connectivity index (χ4n) is 2.51. The predicted octanol–water partition coefficient (Wildman–Crippen LogP) is 3.53. The minimum atomic E-state index is 0.0782. The van der Waals surface area contributed by atoms with Gasteiger partial charge in [0, 0.05) is 18.3 Å². The van der Waals surface area contributed by atoms with Crippen molar-refractivity contribution >= 4 is 5.82 Å². The third-order valence-electron chi connectivity index (χ3n) is 3.42. The van der Waals surface area contributed by atoms with Crippen molar-refractivity contribution in [2.24, 2.45) is 5.92 Å². The van der Waals surface area contributed by atoms with Crippen LogP contribution in [-0.4, -0.2) is 22.7 Å². The smallest absolute Gasteiger partial charge is 0.129 e. The van der Waals surface area contributed by atoms with Gasteiger partial charge in [-0.15, -0.1) is 0 Å². The van der Waals surface area contributed by atoms with Gasteiger partial charge in [0.1, 0.15) is 5.82 Å². The molecule has 19 heavy (non-hydrogen) atoms. The predicted molar refractivity (Wildman–Crippen MR) is 81.5 cm³/mol. The lowest BCUT2D eigenvalue weighted by molar-refractivity contribution is 0.281. The first-order chi connectivity index (χ1) is 9.01. The standard InChI is InChI=1S/C16H28N2O/c1-6-15(7-2)18(10-12(3)4)16-9-14(11-19)8-13(5)17-16/h8-9,12,15,19H,6-7,10-11H2,1-5H3. The Morgan fingerprint density at radius 3 is 2.32 bits per heavy atom. The molecule has 1 aromatic heterocycles. The molecule has 0 spiro atoms. The molecule has 0 fully saturated rings. The summed E-state index contributed by atoms with van der Waals surface area (Å²) >= 11 is 0. The van der Waals surface area contributed by atoms with Gasteiger partial charge in [0.25, 0.3) is 0 Å². The number of rotatable bonds is 7. The lowest BCUT2D eigenvalue weighted by Crippen LogP contribution is -2.38. The molecule has 1 rings (SSSR count). The van der Waals surface area contributed by atoms with Crippen LogP contribution in [0.3, 0.4) is 0 Å². The highest BCUT2D eigenvalue weighted by atomic mass is 16.3. The van der Waals surface area contributed by atoms with Gasteiger partial charge in [-0.1, -0.05) is 27.7 Å². The van der Waals surface area contributed by atoms with Gasteiger partial charge in [-0.3, -0.25) is 0 Å². The Labute approximate surface area is 117 Å². The van der Waals surface area contributed by atoms with Gasteiger partial charge in [-0.25, -0.2) is 4.98 Å². The molecule has 0 amide bonds. The molecule has 108 valence electrons. The zero-order valence-electron chi connectivity index (χ0n) is 13.0. The maximum Gasteiger partial charge on any atom is 0.129 e. The Bertz CT molecular complexity index is 386. The van der Waals surface area contributed by atoms with Crippen LogP contribution in [-0.2, 0) is 6.61 Å². The second kappa shape index (κ2) is 7.49. The molecule has 0 aliphatic rings. The number of aliphatic hydroxyl groups is 1. The highest BCUT2D eigenvalue weighted by Crippen LogP contribution is 2.22. The van der Waals surface area contributed by atoms with E-state index < -0.39 is 0 Å². The Morgan fingerprint density at radius 2 is 1.84 bits per heavy atom. The molecular weight excluding hydrogens is 236 g/mol. The number of anilines is 1. The van der Waals surface area contributed by atoms with Crippen LogP contribution in [0.5, 0.6) is 0 Å². The molecule has 0 aliphatic carbocycles.